The Balaban J connectivity index is 2.41. The molecule has 0 amide bonds. The van der Waals surface area contributed by atoms with Crippen molar-refractivity contribution in [1.82, 2.24) is 5.32 Å². The van der Waals surface area contributed by atoms with E-state index in [1.165, 1.54) is 30.4 Å². The van der Waals surface area contributed by atoms with Gasteiger partial charge < -0.3 is 5.32 Å². The van der Waals surface area contributed by atoms with Crippen LogP contribution in [0.4, 0.5) is 0 Å². The summed E-state index contributed by atoms with van der Waals surface area (Å²) in [4.78, 5) is 0. The normalized spacial score (nSPS) is 11.8. The molecule has 0 aliphatic carbocycles. The van der Waals surface area contributed by atoms with Gasteiger partial charge in [-0.3, -0.25) is 0 Å². The maximum Gasteiger partial charge on any atom is -0.00468 e. The summed E-state index contributed by atoms with van der Waals surface area (Å²) in [5.74, 6) is 0. The summed E-state index contributed by atoms with van der Waals surface area (Å²) in [6.45, 7) is 7.97. The van der Waals surface area contributed by atoms with Gasteiger partial charge in [-0.15, -0.1) is 0 Å². The average Bonchev–Trinajstić information content (AvgIpc) is 2.26. The van der Waals surface area contributed by atoms with E-state index in [-0.39, 0.29) is 0 Å². The van der Waals surface area contributed by atoms with Gasteiger partial charge in [-0.1, -0.05) is 43.7 Å². The molecule has 0 atom stereocenters. The summed E-state index contributed by atoms with van der Waals surface area (Å²) in [6, 6.07) is 8.92. The SMILES string of the molecule is CNCCC(C)(C)CCc1ccc(C)cc1. The molecule has 0 spiro atoms. The summed E-state index contributed by atoms with van der Waals surface area (Å²) in [6.07, 6.45) is 3.70. The van der Waals surface area contributed by atoms with Gasteiger partial charge in [0.2, 0.25) is 0 Å². The van der Waals surface area contributed by atoms with Crippen LogP contribution in [-0.4, -0.2) is 13.6 Å². The standard InChI is InChI=1S/C15H25N/c1-13-5-7-14(8-6-13)9-10-15(2,3)11-12-16-4/h5-8,16H,9-12H2,1-4H3. The van der Waals surface area contributed by atoms with E-state index in [0.717, 1.165) is 6.54 Å². The molecule has 0 aromatic heterocycles. The lowest BCUT2D eigenvalue weighted by atomic mass is 9.83. The second-order valence-corrected chi connectivity index (χ2v) is 5.50. The Hall–Kier alpha value is -0.820. The van der Waals surface area contributed by atoms with Gasteiger partial charge in [0.05, 0.1) is 0 Å². The fourth-order valence-corrected chi connectivity index (χ4v) is 1.83. The van der Waals surface area contributed by atoms with Crippen LogP contribution in [0.5, 0.6) is 0 Å². The zero-order valence-electron chi connectivity index (χ0n) is 11.1. The molecule has 90 valence electrons. The molecule has 1 nitrogen and oxygen atoms in total. The molecule has 1 rings (SSSR count). The van der Waals surface area contributed by atoms with E-state index >= 15 is 0 Å². The van der Waals surface area contributed by atoms with Crippen molar-refractivity contribution < 1.29 is 0 Å². The summed E-state index contributed by atoms with van der Waals surface area (Å²) >= 11 is 0. The van der Waals surface area contributed by atoms with Crippen LogP contribution in [-0.2, 0) is 6.42 Å². The van der Waals surface area contributed by atoms with E-state index in [1.807, 2.05) is 7.05 Å². The van der Waals surface area contributed by atoms with E-state index < -0.39 is 0 Å². The summed E-state index contributed by atoms with van der Waals surface area (Å²) in [5, 5.41) is 3.23. The van der Waals surface area contributed by atoms with Crippen LogP contribution in [0.2, 0.25) is 0 Å². The molecule has 0 unspecified atom stereocenters. The number of benzene rings is 1. The molecule has 0 heterocycles. The van der Waals surface area contributed by atoms with E-state index in [4.69, 9.17) is 0 Å². The lowest BCUT2D eigenvalue weighted by molar-refractivity contribution is 0.305. The minimum absolute atomic E-state index is 0.438. The van der Waals surface area contributed by atoms with E-state index in [2.05, 4.69) is 50.4 Å². The first-order valence-electron chi connectivity index (χ1n) is 6.24. The van der Waals surface area contributed by atoms with Gasteiger partial charge in [0, 0.05) is 0 Å². The van der Waals surface area contributed by atoms with Crippen molar-refractivity contribution in [3.8, 4) is 0 Å². The molecule has 1 aromatic rings. The predicted molar refractivity (Wildman–Crippen MR) is 71.8 cm³/mol. The molecule has 16 heavy (non-hydrogen) atoms. The van der Waals surface area contributed by atoms with Gasteiger partial charge in [-0.05, 0) is 50.8 Å². The lowest BCUT2D eigenvalue weighted by Crippen LogP contribution is -2.20. The molecule has 1 aromatic carbocycles. The van der Waals surface area contributed by atoms with Gasteiger partial charge >= 0.3 is 0 Å². The highest BCUT2D eigenvalue weighted by Crippen LogP contribution is 2.26. The highest BCUT2D eigenvalue weighted by atomic mass is 14.8. The molecule has 0 bridgehead atoms. The molecule has 1 heteroatoms. The van der Waals surface area contributed by atoms with Gasteiger partial charge in [0.1, 0.15) is 0 Å². The fraction of sp³-hybridized carbons (Fsp3) is 0.600. The smallest absolute Gasteiger partial charge is 0.00468 e. The minimum Gasteiger partial charge on any atom is -0.320 e. The molecule has 1 N–H and O–H groups in total. The van der Waals surface area contributed by atoms with Crippen molar-refractivity contribution in [2.45, 2.75) is 40.0 Å². The Morgan fingerprint density at radius 1 is 1.06 bits per heavy atom. The van der Waals surface area contributed by atoms with Gasteiger partial charge in [-0.25, -0.2) is 0 Å². The Kier molecular flexibility index (Phi) is 5.01. The Bertz CT molecular complexity index is 298. The van der Waals surface area contributed by atoms with E-state index in [9.17, 15) is 0 Å². The zero-order valence-corrected chi connectivity index (χ0v) is 11.1. The summed E-state index contributed by atoms with van der Waals surface area (Å²) in [7, 11) is 2.02. The van der Waals surface area contributed by atoms with Crippen LogP contribution in [0.25, 0.3) is 0 Å². The second-order valence-electron chi connectivity index (χ2n) is 5.50. The first-order valence-corrected chi connectivity index (χ1v) is 6.24. The van der Waals surface area contributed by atoms with Crippen LogP contribution in [0.15, 0.2) is 24.3 Å². The van der Waals surface area contributed by atoms with Crippen LogP contribution in [0.1, 0.15) is 37.8 Å². The topological polar surface area (TPSA) is 12.0 Å². The Morgan fingerprint density at radius 2 is 1.69 bits per heavy atom. The molecule has 0 radical (unpaired) electrons. The van der Waals surface area contributed by atoms with Crippen LogP contribution < -0.4 is 5.32 Å². The molecule has 0 fully saturated rings. The number of rotatable bonds is 6. The molecule has 0 saturated carbocycles. The van der Waals surface area contributed by atoms with Gasteiger partial charge in [0.15, 0.2) is 0 Å². The number of nitrogens with one attached hydrogen (secondary N) is 1. The molecular weight excluding hydrogens is 194 g/mol. The predicted octanol–water partition coefficient (Wildman–Crippen LogP) is 3.56. The summed E-state index contributed by atoms with van der Waals surface area (Å²) in [5.41, 5.74) is 3.25. The first-order chi connectivity index (χ1) is 7.53. The Morgan fingerprint density at radius 3 is 2.25 bits per heavy atom. The molecule has 0 aliphatic rings. The maximum absolute atomic E-state index is 3.23. The van der Waals surface area contributed by atoms with Crippen molar-refractivity contribution in [1.29, 1.82) is 0 Å². The van der Waals surface area contributed by atoms with E-state index in [1.54, 1.807) is 0 Å². The number of aryl methyl sites for hydroxylation is 2. The van der Waals surface area contributed by atoms with Gasteiger partial charge in [-0.2, -0.15) is 0 Å². The molecule has 0 aliphatic heterocycles. The quantitative estimate of drug-likeness (QED) is 0.771. The second kappa shape index (κ2) is 6.05. The monoisotopic (exact) mass is 219 g/mol. The number of hydrogen-bond acceptors (Lipinski definition) is 1. The molecule has 0 saturated heterocycles. The Labute approximate surface area is 100 Å². The van der Waals surface area contributed by atoms with Crippen LogP contribution in [0.3, 0.4) is 0 Å². The highest BCUT2D eigenvalue weighted by Gasteiger charge is 2.16. The van der Waals surface area contributed by atoms with Crippen molar-refractivity contribution in [3.63, 3.8) is 0 Å². The third-order valence-electron chi connectivity index (χ3n) is 3.26. The zero-order chi connectivity index (χ0) is 12.0. The van der Waals surface area contributed by atoms with Crippen molar-refractivity contribution in [2.24, 2.45) is 5.41 Å². The maximum atomic E-state index is 3.23. The van der Waals surface area contributed by atoms with Crippen molar-refractivity contribution in [2.75, 3.05) is 13.6 Å². The van der Waals surface area contributed by atoms with Gasteiger partial charge in [0.25, 0.3) is 0 Å². The van der Waals surface area contributed by atoms with Crippen LogP contribution >= 0.6 is 0 Å². The van der Waals surface area contributed by atoms with Crippen LogP contribution in [0, 0.1) is 12.3 Å². The fourth-order valence-electron chi connectivity index (χ4n) is 1.83. The highest BCUT2D eigenvalue weighted by molar-refractivity contribution is 5.21. The van der Waals surface area contributed by atoms with Crippen molar-refractivity contribution >= 4 is 0 Å². The first kappa shape index (κ1) is 13.2. The lowest BCUT2D eigenvalue weighted by Gasteiger charge is -2.24. The minimum atomic E-state index is 0.438. The third kappa shape index (κ3) is 4.80. The summed E-state index contributed by atoms with van der Waals surface area (Å²) < 4.78 is 0. The largest absolute Gasteiger partial charge is 0.320 e. The third-order valence-corrected chi connectivity index (χ3v) is 3.26. The number of hydrogen-bond donors (Lipinski definition) is 1. The molecular formula is C15H25N. The van der Waals surface area contributed by atoms with Crippen molar-refractivity contribution in [3.05, 3.63) is 35.4 Å². The van der Waals surface area contributed by atoms with E-state index in [0.29, 0.717) is 5.41 Å². The average molecular weight is 219 g/mol.